The van der Waals surface area contributed by atoms with Gasteiger partial charge in [0.2, 0.25) is 10.9 Å². The molecule has 0 aliphatic heterocycles. The number of rotatable bonds is 9. The number of aromatic nitrogens is 7. The van der Waals surface area contributed by atoms with Crippen LogP contribution in [0.3, 0.4) is 0 Å². The highest BCUT2D eigenvalue weighted by molar-refractivity contribution is 7.94. The minimum atomic E-state index is -1.30. The summed E-state index contributed by atoms with van der Waals surface area (Å²) in [5.74, 6) is -2.42. The summed E-state index contributed by atoms with van der Waals surface area (Å²) in [6.07, 6.45) is 1.47. The van der Waals surface area contributed by atoms with Crippen molar-refractivity contribution in [2.24, 2.45) is 10.2 Å². The summed E-state index contributed by atoms with van der Waals surface area (Å²) in [6.45, 7) is 1.67. The van der Waals surface area contributed by atoms with E-state index in [4.69, 9.17) is 5.26 Å². The fraction of sp³-hybridized carbons (Fsp3) is 0.0417. The van der Waals surface area contributed by atoms with Crippen molar-refractivity contribution >= 4 is 62.7 Å². The molecule has 214 valence electrons. The number of azo groups is 1. The largest absolute Gasteiger partial charge is 0.478 e. The second kappa shape index (κ2) is 11.0. The monoisotopic (exact) mass is 618 g/mol. The van der Waals surface area contributed by atoms with Crippen LogP contribution < -0.4 is 0 Å². The van der Waals surface area contributed by atoms with Crippen molar-refractivity contribution in [3.63, 3.8) is 0 Å². The summed E-state index contributed by atoms with van der Waals surface area (Å²) in [7, 11) is 0. The number of carbonyl (C=O) groups is 2. The van der Waals surface area contributed by atoms with Crippen LogP contribution in [0.15, 0.2) is 57.7 Å². The molecule has 0 spiro atoms. The predicted octanol–water partition coefficient (Wildman–Crippen LogP) is 4.94. The van der Waals surface area contributed by atoms with Crippen LogP contribution in [0, 0.1) is 18.3 Å². The van der Waals surface area contributed by atoms with E-state index in [0.717, 1.165) is 22.8 Å². The minimum absolute atomic E-state index is 0.0187. The molecule has 19 heteroatoms. The standard InChI is InChI=1S/C24H14N10O7S2/c1-10-18(21-27-19(32-34(21)30-10)11-4-12(22(35)36)6-13(5-11)23(37)38)28-29-20-14(8-25)9-33(31-20)24-26-16-3-2-15(43-41-40-39)7-17(16)42-24/h2-7,9,39H,1H3,(H,27,32)(H,35,36)(H,37,38). The zero-order valence-corrected chi connectivity index (χ0v) is 23.0. The van der Waals surface area contributed by atoms with Gasteiger partial charge >= 0.3 is 11.9 Å². The van der Waals surface area contributed by atoms with Crippen molar-refractivity contribution in [2.45, 2.75) is 11.8 Å². The molecule has 4 heterocycles. The first-order valence-corrected chi connectivity index (χ1v) is 13.3. The van der Waals surface area contributed by atoms with E-state index in [2.05, 4.69) is 44.9 Å². The summed E-state index contributed by atoms with van der Waals surface area (Å²) in [5.41, 5.74) is 1.56. The van der Waals surface area contributed by atoms with Gasteiger partial charge in [-0.25, -0.2) is 24.5 Å². The molecule has 0 aliphatic rings. The first-order valence-electron chi connectivity index (χ1n) is 11.8. The molecule has 0 saturated carbocycles. The van der Waals surface area contributed by atoms with E-state index in [1.807, 2.05) is 6.07 Å². The van der Waals surface area contributed by atoms with Crippen LogP contribution in [0.25, 0.3) is 32.4 Å². The first-order chi connectivity index (χ1) is 20.7. The van der Waals surface area contributed by atoms with E-state index >= 15 is 0 Å². The number of aryl methyl sites for hydroxylation is 1. The van der Waals surface area contributed by atoms with E-state index in [1.54, 1.807) is 25.1 Å². The number of H-pyrrole nitrogens is 1. The highest BCUT2D eigenvalue weighted by atomic mass is 32.2. The highest BCUT2D eigenvalue weighted by Crippen LogP contribution is 2.32. The number of aromatic carboxylic acids is 2. The van der Waals surface area contributed by atoms with Crippen molar-refractivity contribution in [3.05, 3.63) is 65.0 Å². The maximum Gasteiger partial charge on any atom is 0.335 e. The van der Waals surface area contributed by atoms with E-state index in [1.165, 1.54) is 39.0 Å². The van der Waals surface area contributed by atoms with Crippen molar-refractivity contribution in [1.82, 2.24) is 34.6 Å². The lowest BCUT2D eigenvalue weighted by atomic mass is 10.1. The molecule has 0 amide bonds. The lowest BCUT2D eigenvalue weighted by Crippen LogP contribution is -2.03. The van der Waals surface area contributed by atoms with Gasteiger partial charge in [0.25, 0.3) is 0 Å². The molecule has 2 aromatic carbocycles. The van der Waals surface area contributed by atoms with Gasteiger partial charge in [-0.15, -0.1) is 29.4 Å². The Morgan fingerprint density at radius 1 is 1.09 bits per heavy atom. The molecule has 0 fully saturated rings. The number of benzene rings is 2. The maximum absolute atomic E-state index is 11.5. The summed E-state index contributed by atoms with van der Waals surface area (Å²) in [6, 6.07) is 10.9. The average Bonchev–Trinajstić information content (AvgIpc) is 3.76. The third kappa shape index (κ3) is 5.30. The number of fused-ring (bicyclic) bond motifs is 2. The SMILES string of the molecule is Cc1nn2nc(-c3cc(C(=O)O)cc(C(=O)O)c3)[nH]c2c1N=Nc1nn(-c2nc3ccc(SOOO)cc3s2)cc1C#N. The summed E-state index contributed by atoms with van der Waals surface area (Å²) < 4.78 is 7.88. The third-order valence-corrected chi connectivity index (χ3v) is 7.49. The number of carboxylic acid groups (broad SMARTS) is 2. The second-order valence-corrected chi connectivity index (χ2v) is 10.4. The van der Waals surface area contributed by atoms with Crippen molar-refractivity contribution in [1.29, 1.82) is 5.26 Å². The molecule has 0 unspecified atom stereocenters. The van der Waals surface area contributed by atoms with E-state index in [-0.39, 0.29) is 39.6 Å². The normalized spacial score (nSPS) is 11.6. The molecule has 0 aliphatic carbocycles. The number of thiazole rings is 1. The second-order valence-electron chi connectivity index (χ2n) is 8.63. The van der Waals surface area contributed by atoms with Gasteiger partial charge < -0.3 is 15.2 Å². The Kier molecular flexibility index (Phi) is 7.10. The average molecular weight is 619 g/mol. The number of carboxylic acids is 2. The number of nitriles is 1. The topological polar surface area (TPSA) is 238 Å². The van der Waals surface area contributed by atoms with Gasteiger partial charge in [-0.05, 0) is 43.3 Å². The van der Waals surface area contributed by atoms with E-state index in [0.29, 0.717) is 26.9 Å². The van der Waals surface area contributed by atoms with Crippen LogP contribution in [0.4, 0.5) is 11.5 Å². The van der Waals surface area contributed by atoms with Gasteiger partial charge in [-0.2, -0.15) is 10.4 Å². The number of aromatic amines is 1. The summed E-state index contributed by atoms with van der Waals surface area (Å²) in [4.78, 5) is 31.2. The number of hydrogen-bond acceptors (Lipinski definition) is 14. The molecule has 0 bridgehead atoms. The quantitative estimate of drug-likeness (QED) is 0.0727. The molecule has 0 atom stereocenters. The molecule has 17 nitrogen and oxygen atoms in total. The zero-order valence-electron chi connectivity index (χ0n) is 21.4. The Labute approximate surface area is 246 Å². The Morgan fingerprint density at radius 3 is 2.56 bits per heavy atom. The van der Waals surface area contributed by atoms with Gasteiger partial charge in [-0.3, -0.25) is 0 Å². The van der Waals surface area contributed by atoms with Gasteiger partial charge in [0.05, 0.1) is 45.3 Å². The molecule has 4 aromatic heterocycles. The van der Waals surface area contributed by atoms with E-state index < -0.39 is 11.9 Å². The van der Waals surface area contributed by atoms with Gasteiger partial charge in [0, 0.05) is 10.5 Å². The number of nitrogens with one attached hydrogen (secondary N) is 1. The molecular formula is C24H14N10O7S2. The molecule has 4 N–H and O–H groups in total. The molecule has 6 aromatic rings. The van der Waals surface area contributed by atoms with Crippen LogP contribution >= 0.6 is 23.4 Å². The molecule has 0 radical (unpaired) electrons. The lowest BCUT2D eigenvalue weighted by molar-refractivity contribution is -0.432. The van der Waals surface area contributed by atoms with Crippen LogP contribution in [0.5, 0.6) is 0 Å². The van der Waals surface area contributed by atoms with Crippen LogP contribution in [-0.4, -0.2) is 62.0 Å². The van der Waals surface area contributed by atoms with Crippen molar-refractivity contribution in [2.75, 3.05) is 0 Å². The Balaban J connectivity index is 1.33. The smallest absolute Gasteiger partial charge is 0.335 e. The van der Waals surface area contributed by atoms with Gasteiger partial charge in [-0.1, -0.05) is 16.4 Å². The first kappa shape index (κ1) is 27.6. The predicted molar refractivity (Wildman–Crippen MR) is 148 cm³/mol. The zero-order chi connectivity index (χ0) is 30.2. The Bertz CT molecular complexity index is 2110. The molecule has 6 rings (SSSR count). The lowest BCUT2D eigenvalue weighted by Gasteiger charge is -2.02. The van der Waals surface area contributed by atoms with Crippen molar-refractivity contribution < 1.29 is 34.4 Å². The Hall–Kier alpha value is -5.52. The summed E-state index contributed by atoms with van der Waals surface area (Å²) >= 11 is 2.11. The number of hydrogen-bond donors (Lipinski definition) is 4. The highest BCUT2D eigenvalue weighted by Gasteiger charge is 2.19. The van der Waals surface area contributed by atoms with E-state index in [9.17, 15) is 25.1 Å². The fourth-order valence-electron chi connectivity index (χ4n) is 3.99. The summed E-state index contributed by atoms with van der Waals surface area (Å²) in [5, 5.41) is 62.3. The molecule has 0 saturated heterocycles. The fourth-order valence-corrected chi connectivity index (χ4v) is 5.39. The third-order valence-electron chi connectivity index (χ3n) is 5.91. The van der Waals surface area contributed by atoms with Crippen LogP contribution in [0.2, 0.25) is 0 Å². The molecular weight excluding hydrogens is 604 g/mol. The van der Waals surface area contributed by atoms with Crippen LogP contribution in [0.1, 0.15) is 32.0 Å². The molecule has 43 heavy (non-hydrogen) atoms. The van der Waals surface area contributed by atoms with Gasteiger partial charge in [0.15, 0.2) is 17.2 Å². The maximum atomic E-state index is 11.5. The van der Waals surface area contributed by atoms with Crippen LogP contribution in [-0.2, 0) is 9.37 Å². The van der Waals surface area contributed by atoms with Crippen molar-refractivity contribution in [3.8, 4) is 22.6 Å². The number of nitrogens with zero attached hydrogens (tertiary/aromatic N) is 9. The minimum Gasteiger partial charge on any atom is -0.478 e. The van der Waals surface area contributed by atoms with Gasteiger partial charge in [0.1, 0.15) is 11.6 Å². The Morgan fingerprint density at radius 2 is 1.86 bits per heavy atom.